The summed E-state index contributed by atoms with van der Waals surface area (Å²) in [5.41, 5.74) is 1.40. The highest BCUT2D eigenvalue weighted by molar-refractivity contribution is 5.87. The van der Waals surface area contributed by atoms with Gasteiger partial charge < -0.3 is 10.4 Å². The minimum absolute atomic E-state index is 0.122. The predicted octanol–water partition coefficient (Wildman–Crippen LogP) is 1.63. The molecule has 0 aliphatic heterocycles. The summed E-state index contributed by atoms with van der Waals surface area (Å²) < 4.78 is 0. The number of hydrogen-bond acceptors (Lipinski definition) is 3. The summed E-state index contributed by atoms with van der Waals surface area (Å²) in [5, 5.41) is 20.7. The highest BCUT2D eigenvalue weighted by atomic mass is 16.3. The Morgan fingerprint density at radius 3 is 2.80 bits per heavy atom. The number of hydrogen-bond donors (Lipinski definition) is 3. The quantitative estimate of drug-likeness (QED) is 0.793. The maximum atomic E-state index is 11.9. The molecular formula is C15H21N3O2. The second kappa shape index (κ2) is 5.63. The van der Waals surface area contributed by atoms with Crippen LogP contribution in [0.3, 0.4) is 0 Å². The van der Waals surface area contributed by atoms with E-state index in [0.29, 0.717) is 0 Å². The molecule has 1 atom stereocenters. The molecule has 1 aromatic carbocycles. The van der Waals surface area contributed by atoms with Crippen LogP contribution >= 0.6 is 0 Å². The number of amides is 1. The fraction of sp³-hybridized carbons (Fsp3) is 0.467. The van der Waals surface area contributed by atoms with Gasteiger partial charge >= 0.3 is 0 Å². The van der Waals surface area contributed by atoms with Crippen LogP contribution in [0.15, 0.2) is 24.3 Å². The first kappa shape index (κ1) is 14.5. The van der Waals surface area contributed by atoms with Crippen LogP contribution in [-0.4, -0.2) is 33.9 Å². The van der Waals surface area contributed by atoms with Crippen molar-refractivity contribution >= 4 is 16.8 Å². The number of carbonyl (C=O) groups is 1. The molecule has 20 heavy (non-hydrogen) atoms. The van der Waals surface area contributed by atoms with Gasteiger partial charge in [0.1, 0.15) is 0 Å². The van der Waals surface area contributed by atoms with Gasteiger partial charge in [0.05, 0.1) is 23.7 Å². The number of aromatic amines is 1. The maximum Gasteiger partial charge on any atom is 0.226 e. The van der Waals surface area contributed by atoms with Crippen molar-refractivity contribution in [2.24, 2.45) is 5.41 Å². The standard InChI is InChI=1S/C15H21N3O2/c1-15(2,3)13(19)9-16-14(20)8-12-10-6-4-5-7-11(10)17-18-12/h4-7,13,19H,8-9H2,1-3H3,(H,16,20)(H,17,18). The van der Waals surface area contributed by atoms with Gasteiger partial charge in [0.15, 0.2) is 0 Å². The van der Waals surface area contributed by atoms with Crippen LogP contribution in [0, 0.1) is 5.41 Å². The molecular weight excluding hydrogens is 254 g/mol. The van der Waals surface area contributed by atoms with Gasteiger partial charge in [-0.3, -0.25) is 9.89 Å². The lowest BCUT2D eigenvalue weighted by Gasteiger charge is -2.25. The van der Waals surface area contributed by atoms with Crippen molar-refractivity contribution in [2.45, 2.75) is 33.3 Å². The first-order valence-electron chi connectivity index (χ1n) is 6.74. The zero-order valence-electron chi connectivity index (χ0n) is 12.1. The molecule has 1 heterocycles. The first-order valence-corrected chi connectivity index (χ1v) is 6.74. The minimum atomic E-state index is -0.565. The third-order valence-electron chi connectivity index (χ3n) is 3.37. The van der Waals surface area contributed by atoms with Crippen molar-refractivity contribution in [3.8, 4) is 0 Å². The van der Waals surface area contributed by atoms with Gasteiger partial charge in [-0.05, 0) is 11.5 Å². The molecule has 2 aromatic rings. The van der Waals surface area contributed by atoms with Gasteiger partial charge in [-0.15, -0.1) is 0 Å². The Labute approximate surface area is 118 Å². The average molecular weight is 275 g/mol. The van der Waals surface area contributed by atoms with E-state index in [1.54, 1.807) is 0 Å². The van der Waals surface area contributed by atoms with Crippen LogP contribution in [0.2, 0.25) is 0 Å². The maximum absolute atomic E-state index is 11.9. The number of benzene rings is 1. The Bertz CT molecular complexity index is 598. The van der Waals surface area contributed by atoms with Crippen LogP contribution in [0.4, 0.5) is 0 Å². The van der Waals surface area contributed by atoms with Crippen molar-refractivity contribution < 1.29 is 9.90 Å². The molecule has 0 bridgehead atoms. The second-order valence-corrected chi connectivity index (χ2v) is 6.08. The highest BCUT2D eigenvalue weighted by Crippen LogP contribution is 2.18. The summed E-state index contributed by atoms with van der Waals surface area (Å²) in [6.07, 6.45) is -0.331. The molecule has 1 aromatic heterocycles. The van der Waals surface area contributed by atoms with Gasteiger partial charge in [-0.1, -0.05) is 39.0 Å². The lowest BCUT2D eigenvalue weighted by molar-refractivity contribution is -0.121. The fourth-order valence-corrected chi connectivity index (χ4v) is 1.89. The number of carbonyl (C=O) groups excluding carboxylic acids is 1. The van der Waals surface area contributed by atoms with Gasteiger partial charge in [0, 0.05) is 11.9 Å². The minimum Gasteiger partial charge on any atom is -0.391 e. The molecule has 3 N–H and O–H groups in total. The molecule has 1 amide bonds. The summed E-state index contributed by atoms with van der Waals surface area (Å²) in [5.74, 6) is -0.122. The number of fused-ring (bicyclic) bond motifs is 1. The molecule has 0 fully saturated rings. The van der Waals surface area contributed by atoms with Crippen LogP contribution in [0.25, 0.3) is 10.9 Å². The molecule has 0 aliphatic carbocycles. The zero-order valence-corrected chi connectivity index (χ0v) is 12.1. The number of H-pyrrole nitrogens is 1. The van der Waals surface area contributed by atoms with Crippen molar-refractivity contribution in [1.82, 2.24) is 15.5 Å². The topological polar surface area (TPSA) is 78.0 Å². The van der Waals surface area contributed by atoms with Crippen LogP contribution in [0.5, 0.6) is 0 Å². The lowest BCUT2D eigenvalue weighted by atomic mass is 9.89. The van der Waals surface area contributed by atoms with Crippen molar-refractivity contribution in [3.63, 3.8) is 0 Å². The van der Waals surface area contributed by atoms with Crippen LogP contribution in [-0.2, 0) is 11.2 Å². The van der Waals surface area contributed by atoms with E-state index in [0.717, 1.165) is 16.6 Å². The average Bonchev–Trinajstić information content (AvgIpc) is 2.78. The predicted molar refractivity (Wildman–Crippen MR) is 78.3 cm³/mol. The zero-order chi connectivity index (χ0) is 14.8. The highest BCUT2D eigenvalue weighted by Gasteiger charge is 2.22. The first-order chi connectivity index (χ1) is 9.38. The number of aliphatic hydroxyl groups excluding tert-OH is 1. The number of aromatic nitrogens is 2. The Morgan fingerprint density at radius 1 is 1.40 bits per heavy atom. The number of para-hydroxylation sites is 1. The number of nitrogens with one attached hydrogen (secondary N) is 2. The Hall–Kier alpha value is -1.88. The Kier molecular flexibility index (Phi) is 4.09. The summed E-state index contributed by atoms with van der Waals surface area (Å²) in [7, 11) is 0. The van der Waals surface area contributed by atoms with Crippen molar-refractivity contribution in [3.05, 3.63) is 30.0 Å². The van der Waals surface area contributed by atoms with E-state index in [-0.39, 0.29) is 24.3 Å². The summed E-state index contributed by atoms with van der Waals surface area (Å²) in [6, 6.07) is 7.66. The number of nitrogens with zero attached hydrogens (tertiary/aromatic N) is 1. The summed E-state index contributed by atoms with van der Waals surface area (Å²) in [6.45, 7) is 6.07. The summed E-state index contributed by atoms with van der Waals surface area (Å²) in [4.78, 5) is 11.9. The monoisotopic (exact) mass is 275 g/mol. The van der Waals surface area contributed by atoms with E-state index in [1.165, 1.54) is 0 Å². The van der Waals surface area contributed by atoms with Crippen LogP contribution in [0.1, 0.15) is 26.5 Å². The third kappa shape index (κ3) is 3.36. The lowest BCUT2D eigenvalue weighted by Crippen LogP contribution is -2.39. The van der Waals surface area contributed by atoms with E-state index in [4.69, 9.17) is 0 Å². The Morgan fingerprint density at radius 2 is 2.10 bits per heavy atom. The molecule has 0 saturated carbocycles. The van der Waals surface area contributed by atoms with E-state index >= 15 is 0 Å². The van der Waals surface area contributed by atoms with E-state index in [1.807, 2.05) is 45.0 Å². The van der Waals surface area contributed by atoms with E-state index < -0.39 is 6.10 Å². The van der Waals surface area contributed by atoms with E-state index in [9.17, 15) is 9.90 Å². The molecule has 1 unspecified atom stereocenters. The third-order valence-corrected chi connectivity index (χ3v) is 3.37. The fourth-order valence-electron chi connectivity index (χ4n) is 1.89. The van der Waals surface area contributed by atoms with Gasteiger partial charge in [0.2, 0.25) is 5.91 Å². The molecule has 0 spiro atoms. The van der Waals surface area contributed by atoms with Crippen LogP contribution < -0.4 is 5.32 Å². The van der Waals surface area contributed by atoms with Gasteiger partial charge in [-0.25, -0.2) is 0 Å². The van der Waals surface area contributed by atoms with Crippen molar-refractivity contribution in [2.75, 3.05) is 6.54 Å². The number of rotatable bonds is 4. The Balaban J connectivity index is 1.95. The summed E-state index contributed by atoms with van der Waals surface area (Å²) >= 11 is 0. The van der Waals surface area contributed by atoms with E-state index in [2.05, 4.69) is 15.5 Å². The normalized spacial score (nSPS) is 13.4. The smallest absolute Gasteiger partial charge is 0.226 e. The molecule has 108 valence electrons. The largest absolute Gasteiger partial charge is 0.391 e. The van der Waals surface area contributed by atoms with Crippen molar-refractivity contribution in [1.29, 1.82) is 0 Å². The molecule has 0 aliphatic rings. The second-order valence-electron chi connectivity index (χ2n) is 6.08. The molecule has 5 heteroatoms. The molecule has 2 rings (SSSR count). The van der Waals surface area contributed by atoms with Gasteiger partial charge in [0.25, 0.3) is 0 Å². The SMILES string of the molecule is CC(C)(C)C(O)CNC(=O)Cc1[nH]nc2ccccc12. The van der Waals surface area contributed by atoms with Gasteiger partial charge in [-0.2, -0.15) is 5.10 Å². The number of aliphatic hydroxyl groups is 1. The molecule has 0 saturated heterocycles. The molecule has 5 nitrogen and oxygen atoms in total. The molecule has 0 radical (unpaired) electrons.